The van der Waals surface area contributed by atoms with Crippen molar-refractivity contribution in [2.45, 2.75) is 25.9 Å². The fourth-order valence-corrected chi connectivity index (χ4v) is 1.86. The zero-order chi connectivity index (χ0) is 13.2. The van der Waals surface area contributed by atoms with E-state index in [1.807, 2.05) is 13.8 Å². The van der Waals surface area contributed by atoms with Crippen LogP contribution in [0.2, 0.25) is 0 Å². The number of ether oxygens (including phenoxy) is 1. The number of aliphatic carboxylic acids is 1. The molecule has 0 aromatic heterocycles. The fourth-order valence-electron chi connectivity index (χ4n) is 1.86. The molecule has 5 nitrogen and oxygen atoms in total. The number of hydrogen-bond donors (Lipinski definition) is 3. The van der Waals surface area contributed by atoms with Crippen LogP contribution >= 0.6 is 0 Å². The molecule has 0 aliphatic carbocycles. The highest BCUT2D eigenvalue weighted by atomic mass is 16.5. The number of hydrogen-bond acceptors (Lipinski definition) is 4. The van der Waals surface area contributed by atoms with Gasteiger partial charge in [-0.2, -0.15) is 0 Å². The van der Waals surface area contributed by atoms with Gasteiger partial charge < -0.3 is 21.3 Å². The van der Waals surface area contributed by atoms with E-state index >= 15 is 0 Å². The monoisotopic (exact) mass is 238 g/mol. The molecule has 17 heavy (non-hydrogen) atoms. The number of rotatable bonds is 4. The minimum absolute atomic E-state index is 0.704. The van der Waals surface area contributed by atoms with Gasteiger partial charge in [-0.05, 0) is 30.5 Å². The maximum absolute atomic E-state index is 10.8. The van der Waals surface area contributed by atoms with E-state index < -0.39 is 18.1 Å². The zero-order valence-electron chi connectivity index (χ0n) is 10.2. The Morgan fingerprint density at radius 2 is 1.76 bits per heavy atom. The van der Waals surface area contributed by atoms with E-state index in [4.69, 9.17) is 21.3 Å². The zero-order valence-corrected chi connectivity index (χ0v) is 10.2. The summed E-state index contributed by atoms with van der Waals surface area (Å²) in [5, 5.41) is 8.82. The second-order valence-electron chi connectivity index (χ2n) is 4.08. The molecular weight excluding hydrogens is 220 g/mol. The summed E-state index contributed by atoms with van der Waals surface area (Å²) < 4.78 is 5.23. The molecule has 0 saturated heterocycles. The van der Waals surface area contributed by atoms with Crippen molar-refractivity contribution in [3.63, 3.8) is 0 Å². The van der Waals surface area contributed by atoms with Gasteiger partial charge in [-0.1, -0.05) is 12.1 Å². The van der Waals surface area contributed by atoms with Gasteiger partial charge >= 0.3 is 5.97 Å². The lowest BCUT2D eigenvalue weighted by Crippen LogP contribution is -2.40. The van der Waals surface area contributed by atoms with E-state index in [0.717, 1.165) is 16.9 Å². The van der Waals surface area contributed by atoms with Gasteiger partial charge in [0.2, 0.25) is 0 Å². The van der Waals surface area contributed by atoms with Crippen LogP contribution in [0.15, 0.2) is 12.1 Å². The SMILES string of the molecule is COc1c(C)cc(C(N)C(N)C(=O)O)cc1C. The molecule has 5 N–H and O–H groups in total. The van der Waals surface area contributed by atoms with Gasteiger partial charge in [-0.15, -0.1) is 0 Å². The lowest BCUT2D eigenvalue weighted by Gasteiger charge is -2.19. The minimum Gasteiger partial charge on any atom is -0.496 e. The van der Waals surface area contributed by atoms with Crippen molar-refractivity contribution in [3.8, 4) is 5.75 Å². The molecule has 0 bridgehead atoms. The highest BCUT2D eigenvalue weighted by Crippen LogP contribution is 2.27. The van der Waals surface area contributed by atoms with Gasteiger partial charge in [0.05, 0.1) is 13.2 Å². The van der Waals surface area contributed by atoms with Crippen LogP contribution in [-0.4, -0.2) is 24.2 Å². The highest BCUT2D eigenvalue weighted by molar-refractivity contribution is 5.74. The molecule has 0 aliphatic heterocycles. The predicted molar refractivity (Wildman–Crippen MR) is 65.0 cm³/mol. The molecule has 94 valence electrons. The lowest BCUT2D eigenvalue weighted by atomic mass is 9.96. The highest BCUT2D eigenvalue weighted by Gasteiger charge is 2.23. The van der Waals surface area contributed by atoms with E-state index in [1.165, 1.54) is 0 Å². The Bertz CT molecular complexity index is 409. The quantitative estimate of drug-likeness (QED) is 0.718. The molecular formula is C12H18N2O3. The van der Waals surface area contributed by atoms with Crippen molar-refractivity contribution in [1.29, 1.82) is 0 Å². The van der Waals surface area contributed by atoms with Crippen LogP contribution in [0.1, 0.15) is 22.7 Å². The largest absolute Gasteiger partial charge is 0.496 e. The number of carboxylic acids is 1. The van der Waals surface area contributed by atoms with Gasteiger partial charge in [0, 0.05) is 0 Å². The Hall–Kier alpha value is -1.59. The predicted octanol–water partition coefficient (Wildman–Crippen LogP) is 0.724. The van der Waals surface area contributed by atoms with Crippen LogP contribution in [0.4, 0.5) is 0 Å². The van der Waals surface area contributed by atoms with E-state index in [0.29, 0.717) is 5.56 Å². The molecule has 1 aromatic rings. The number of carbonyl (C=O) groups is 1. The van der Waals surface area contributed by atoms with Crippen molar-refractivity contribution in [2.75, 3.05) is 7.11 Å². The number of benzene rings is 1. The van der Waals surface area contributed by atoms with Crippen molar-refractivity contribution in [3.05, 3.63) is 28.8 Å². The first kappa shape index (κ1) is 13.5. The molecule has 0 spiro atoms. The Kier molecular flexibility index (Phi) is 4.09. The summed E-state index contributed by atoms with van der Waals surface area (Å²) in [6, 6.07) is 1.77. The lowest BCUT2D eigenvalue weighted by molar-refractivity contribution is -0.139. The second-order valence-corrected chi connectivity index (χ2v) is 4.08. The average molecular weight is 238 g/mol. The maximum Gasteiger partial charge on any atom is 0.322 e. The first-order valence-electron chi connectivity index (χ1n) is 5.27. The fraction of sp³-hybridized carbons (Fsp3) is 0.417. The first-order valence-corrected chi connectivity index (χ1v) is 5.27. The third-order valence-corrected chi connectivity index (χ3v) is 2.74. The van der Waals surface area contributed by atoms with Gasteiger partial charge in [-0.25, -0.2) is 0 Å². The summed E-state index contributed by atoms with van der Waals surface area (Å²) in [6.07, 6.45) is 0. The molecule has 1 aromatic carbocycles. The van der Waals surface area contributed by atoms with E-state index in [-0.39, 0.29) is 0 Å². The van der Waals surface area contributed by atoms with Gasteiger partial charge in [0.15, 0.2) is 0 Å². The molecule has 0 aliphatic rings. The number of nitrogens with two attached hydrogens (primary N) is 2. The third kappa shape index (κ3) is 2.75. The molecule has 0 fully saturated rings. The van der Waals surface area contributed by atoms with Gasteiger partial charge in [-0.3, -0.25) is 4.79 Å². The van der Waals surface area contributed by atoms with Crippen molar-refractivity contribution < 1.29 is 14.6 Å². The van der Waals surface area contributed by atoms with Crippen LogP contribution in [0.25, 0.3) is 0 Å². The van der Waals surface area contributed by atoms with Crippen LogP contribution in [0.3, 0.4) is 0 Å². The normalized spacial score (nSPS) is 14.2. The van der Waals surface area contributed by atoms with E-state index in [9.17, 15) is 4.79 Å². The maximum atomic E-state index is 10.8. The Morgan fingerprint density at radius 1 is 1.29 bits per heavy atom. The third-order valence-electron chi connectivity index (χ3n) is 2.74. The second kappa shape index (κ2) is 5.16. The minimum atomic E-state index is -1.11. The van der Waals surface area contributed by atoms with Crippen molar-refractivity contribution in [1.82, 2.24) is 0 Å². The van der Waals surface area contributed by atoms with E-state index in [2.05, 4.69) is 0 Å². The average Bonchev–Trinajstić information content (AvgIpc) is 2.26. The molecule has 0 heterocycles. The topological polar surface area (TPSA) is 98.6 Å². The van der Waals surface area contributed by atoms with Crippen LogP contribution in [-0.2, 0) is 4.79 Å². The number of carboxylic acid groups (broad SMARTS) is 1. The van der Waals surface area contributed by atoms with Crippen molar-refractivity contribution >= 4 is 5.97 Å². The summed E-state index contributed by atoms with van der Waals surface area (Å²) in [4.78, 5) is 10.8. The Morgan fingerprint density at radius 3 is 2.12 bits per heavy atom. The van der Waals surface area contributed by atoms with E-state index in [1.54, 1.807) is 19.2 Å². The summed E-state index contributed by atoms with van der Waals surface area (Å²) in [5.41, 5.74) is 13.9. The molecule has 0 saturated carbocycles. The van der Waals surface area contributed by atoms with Crippen molar-refractivity contribution in [2.24, 2.45) is 11.5 Å². The summed E-state index contributed by atoms with van der Waals surface area (Å²) in [6.45, 7) is 3.77. The molecule has 2 atom stereocenters. The Balaban J connectivity index is 3.12. The molecule has 0 radical (unpaired) electrons. The summed E-state index contributed by atoms with van der Waals surface area (Å²) in [5.74, 6) is -0.325. The first-order chi connectivity index (χ1) is 7.88. The van der Waals surface area contributed by atoms with Crippen LogP contribution in [0.5, 0.6) is 5.75 Å². The van der Waals surface area contributed by atoms with Gasteiger partial charge in [0.25, 0.3) is 0 Å². The van der Waals surface area contributed by atoms with Gasteiger partial charge in [0.1, 0.15) is 11.8 Å². The molecule has 1 rings (SSSR count). The Labute approximate surface area is 100 Å². The number of methoxy groups -OCH3 is 1. The van der Waals surface area contributed by atoms with Crippen LogP contribution < -0.4 is 16.2 Å². The molecule has 2 unspecified atom stereocenters. The number of aryl methyl sites for hydroxylation is 2. The standard InChI is InChI=1S/C12H18N2O3/c1-6-4-8(5-7(2)11(6)17-3)9(13)10(14)12(15)16/h4-5,9-10H,13-14H2,1-3H3,(H,15,16). The molecule has 5 heteroatoms. The summed E-state index contributed by atoms with van der Waals surface area (Å²) in [7, 11) is 1.60. The molecule has 0 amide bonds. The summed E-state index contributed by atoms with van der Waals surface area (Å²) >= 11 is 0. The van der Waals surface area contributed by atoms with Crippen LogP contribution in [0, 0.1) is 13.8 Å². The smallest absolute Gasteiger partial charge is 0.322 e.